The van der Waals surface area contributed by atoms with E-state index in [9.17, 15) is 32.1 Å². The summed E-state index contributed by atoms with van der Waals surface area (Å²) in [6.07, 6.45) is -5.09. The topological polar surface area (TPSA) is 114 Å². The number of benzene rings is 2. The first-order valence-electron chi connectivity index (χ1n) is 12.9. The van der Waals surface area contributed by atoms with Gasteiger partial charge in [-0.2, -0.15) is 13.2 Å². The number of ether oxygens (including phenoxy) is 1. The van der Waals surface area contributed by atoms with Gasteiger partial charge in [0.1, 0.15) is 11.8 Å². The Hall–Kier alpha value is -3.37. The van der Waals surface area contributed by atoms with Crippen LogP contribution in [0.5, 0.6) is 5.75 Å². The molecule has 13 heteroatoms. The Morgan fingerprint density at radius 2 is 1.66 bits per heavy atom. The van der Waals surface area contributed by atoms with E-state index in [1.54, 1.807) is 42.6 Å². The molecule has 2 aromatic carbocycles. The third kappa shape index (κ3) is 9.60. The zero-order valence-electron chi connectivity index (χ0n) is 23.9. The number of alkyl halides is 3. The van der Waals surface area contributed by atoms with Crippen LogP contribution in [0.2, 0.25) is 0 Å². The van der Waals surface area contributed by atoms with Crippen molar-refractivity contribution >= 4 is 36.5 Å². The van der Waals surface area contributed by atoms with Crippen LogP contribution in [0.1, 0.15) is 32.8 Å². The summed E-state index contributed by atoms with van der Waals surface area (Å²) < 4.78 is 62.7. The maximum atomic E-state index is 14.1. The van der Waals surface area contributed by atoms with E-state index < -0.39 is 43.2 Å². The molecule has 0 aliphatic rings. The second kappa shape index (κ2) is 14.5. The van der Waals surface area contributed by atoms with Crippen molar-refractivity contribution in [2.75, 3.05) is 37.6 Å². The van der Waals surface area contributed by atoms with E-state index in [-0.39, 0.29) is 23.9 Å². The highest BCUT2D eigenvalue weighted by molar-refractivity contribution is 7.58. The molecule has 0 aliphatic carbocycles. The van der Waals surface area contributed by atoms with E-state index in [4.69, 9.17) is 9.26 Å². The van der Waals surface area contributed by atoms with Crippen LogP contribution in [0.25, 0.3) is 0 Å². The third-order valence-corrected chi connectivity index (χ3v) is 8.91. The number of likely N-dealkylation sites (N-methyl/N-ethyl adjacent to an activating group) is 1. The zero-order valence-corrected chi connectivity index (χ0v) is 24.8. The van der Waals surface area contributed by atoms with Crippen LogP contribution in [0.3, 0.4) is 0 Å². The Kier molecular flexibility index (Phi) is 12.0. The first-order chi connectivity index (χ1) is 19.1. The maximum absolute atomic E-state index is 14.1. The van der Waals surface area contributed by atoms with Gasteiger partial charge in [0.2, 0.25) is 19.2 Å². The summed E-state index contributed by atoms with van der Waals surface area (Å²) in [6, 6.07) is 11.3. The van der Waals surface area contributed by atoms with Crippen LogP contribution in [0, 0.1) is 11.8 Å². The standard InChI is InChI=1S/C28H37F3N3O6P/c1-18(2)14-21(26(36)34(19(3)25(35)32-4)23-10-12-24(39-5)13-11-23)17-41(38,40-6)16-20-8-7-9-22(15-20)33-27(37)28(29,30)31/h7-13,15,18-19,21H,14,16-17H2,1-6H3,(H,32,35)(H,33,37). The molecule has 0 radical (unpaired) electrons. The van der Waals surface area contributed by atoms with Crippen molar-refractivity contribution in [3.8, 4) is 5.75 Å². The second-order valence-corrected chi connectivity index (χ2v) is 12.7. The molecule has 3 amide bonds. The van der Waals surface area contributed by atoms with E-state index in [0.29, 0.717) is 23.4 Å². The molecule has 2 aromatic rings. The lowest BCUT2D eigenvalue weighted by molar-refractivity contribution is -0.167. The number of rotatable bonds is 13. The minimum absolute atomic E-state index is 0.0168. The molecule has 0 aromatic heterocycles. The number of nitrogens with one attached hydrogen (secondary N) is 2. The summed E-state index contributed by atoms with van der Waals surface area (Å²) in [5, 5.41) is 4.33. The Labute approximate surface area is 238 Å². The predicted molar refractivity (Wildman–Crippen MR) is 151 cm³/mol. The molecule has 41 heavy (non-hydrogen) atoms. The van der Waals surface area contributed by atoms with Crippen molar-refractivity contribution < 1.29 is 41.4 Å². The molecule has 0 saturated carbocycles. The minimum Gasteiger partial charge on any atom is -0.497 e. The van der Waals surface area contributed by atoms with Gasteiger partial charge in [0.15, 0.2) is 0 Å². The molecular weight excluding hydrogens is 562 g/mol. The summed E-state index contributed by atoms with van der Waals surface area (Å²) >= 11 is 0. The van der Waals surface area contributed by atoms with Gasteiger partial charge in [-0.3, -0.25) is 23.8 Å². The number of amides is 3. The average Bonchev–Trinajstić information content (AvgIpc) is 2.92. The normalized spacial score (nSPS) is 14.5. The fourth-order valence-corrected chi connectivity index (χ4v) is 6.53. The highest BCUT2D eigenvalue weighted by atomic mass is 31.2. The lowest BCUT2D eigenvalue weighted by atomic mass is 9.96. The predicted octanol–water partition coefficient (Wildman–Crippen LogP) is 5.45. The molecule has 0 heterocycles. The van der Waals surface area contributed by atoms with Gasteiger partial charge in [0, 0.05) is 43.8 Å². The fourth-order valence-electron chi connectivity index (χ4n) is 4.40. The molecule has 2 N–H and O–H groups in total. The number of carbonyl (C=O) groups is 3. The van der Waals surface area contributed by atoms with Crippen LogP contribution < -0.4 is 20.3 Å². The molecule has 226 valence electrons. The van der Waals surface area contributed by atoms with Crippen molar-refractivity contribution in [2.24, 2.45) is 11.8 Å². The Morgan fingerprint density at radius 1 is 1.02 bits per heavy atom. The van der Waals surface area contributed by atoms with Crippen molar-refractivity contribution in [3.05, 3.63) is 54.1 Å². The highest BCUT2D eigenvalue weighted by Crippen LogP contribution is 2.52. The molecule has 3 unspecified atom stereocenters. The maximum Gasteiger partial charge on any atom is 0.471 e. The average molecular weight is 600 g/mol. The Morgan fingerprint density at radius 3 is 2.17 bits per heavy atom. The van der Waals surface area contributed by atoms with Gasteiger partial charge in [-0.1, -0.05) is 26.0 Å². The van der Waals surface area contributed by atoms with Gasteiger partial charge in [-0.25, -0.2) is 0 Å². The van der Waals surface area contributed by atoms with E-state index in [2.05, 4.69) is 5.32 Å². The lowest BCUT2D eigenvalue weighted by Gasteiger charge is -2.33. The van der Waals surface area contributed by atoms with E-state index in [0.717, 1.165) is 0 Å². The Bertz CT molecular complexity index is 1250. The number of carbonyl (C=O) groups excluding carboxylic acids is 3. The van der Waals surface area contributed by atoms with Gasteiger partial charge in [-0.15, -0.1) is 0 Å². The van der Waals surface area contributed by atoms with Gasteiger partial charge in [0.05, 0.1) is 7.11 Å². The van der Waals surface area contributed by atoms with E-state index >= 15 is 0 Å². The van der Waals surface area contributed by atoms with Gasteiger partial charge < -0.3 is 19.9 Å². The van der Waals surface area contributed by atoms with Gasteiger partial charge in [0.25, 0.3) is 0 Å². The molecule has 3 atom stereocenters. The molecule has 0 aliphatic heterocycles. The van der Waals surface area contributed by atoms with Crippen LogP contribution in [0.4, 0.5) is 24.5 Å². The van der Waals surface area contributed by atoms with Crippen molar-refractivity contribution in [1.29, 1.82) is 0 Å². The molecule has 0 fully saturated rings. The fraction of sp³-hybridized carbons (Fsp3) is 0.464. The molecule has 0 bridgehead atoms. The summed E-state index contributed by atoms with van der Waals surface area (Å²) in [5.41, 5.74) is 0.685. The first-order valence-corrected chi connectivity index (χ1v) is 14.9. The SMILES string of the molecule is CNC(=O)C(C)N(C(=O)C(CC(C)C)CP(=O)(Cc1cccc(NC(=O)C(F)(F)F)c1)OC)c1ccc(OC)cc1. The smallest absolute Gasteiger partial charge is 0.471 e. The largest absolute Gasteiger partial charge is 0.497 e. The number of halogens is 3. The number of anilines is 2. The molecular formula is C28H37F3N3O6P. The summed E-state index contributed by atoms with van der Waals surface area (Å²) in [4.78, 5) is 39.5. The van der Waals surface area contributed by atoms with Crippen molar-refractivity contribution in [3.63, 3.8) is 0 Å². The quantitative estimate of drug-likeness (QED) is 0.296. The number of methoxy groups -OCH3 is 1. The summed E-state index contributed by atoms with van der Waals surface area (Å²) in [6.45, 7) is 5.40. The first kappa shape index (κ1) is 33.8. The molecule has 0 saturated heterocycles. The molecule has 9 nitrogen and oxygen atoms in total. The number of hydrogen-bond acceptors (Lipinski definition) is 6. The summed E-state index contributed by atoms with van der Waals surface area (Å²) in [7, 11) is 0.638. The zero-order chi connectivity index (χ0) is 31.0. The number of hydrogen-bond donors (Lipinski definition) is 2. The van der Waals surface area contributed by atoms with Crippen LogP contribution in [0.15, 0.2) is 48.5 Å². The number of nitrogens with zero attached hydrogens (tertiary/aromatic N) is 1. The summed E-state index contributed by atoms with van der Waals surface area (Å²) in [5.74, 6) is -3.19. The second-order valence-electron chi connectivity index (χ2n) is 10.0. The Balaban J connectivity index is 2.42. The van der Waals surface area contributed by atoms with E-state index in [1.807, 2.05) is 13.8 Å². The van der Waals surface area contributed by atoms with E-state index in [1.165, 1.54) is 44.4 Å². The van der Waals surface area contributed by atoms with Crippen molar-refractivity contribution in [2.45, 2.75) is 45.6 Å². The van der Waals surface area contributed by atoms with Crippen LogP contribution in [-0.4, -0.2) is 57.4 Å². The van der Waals surface area contributed by atoms with Crippen LogP contribution >= 0.6 is 7.37 Å². The van der Waals surface area contributed by atoms with Gasteiger partial charge >= 0.3 is 12.1 Å². The highest BCUT2D eigenvalue weighted by Gasteiger charge is 2.39. The minimum atomic E-state index is -5.07. The molecule has 0 spiro atoms. The third-order valence-electron chi connectivity index (χ3n) is 6.40. The molecule has 2 rings (SSSR count). The van der Waals surface area contributed by atoms with Gasteiger partial charge in [-0.05, 0) is 61.2 Å². The van der Waals surface area contributed by atoms with Crippen molar-refractivity contribution in [1.82, 2.24) is 5.32 Å². The monoisotopic (exact) mass is 599 g/mol. The van der Waals surface area contributed by atoms with Crippen LogP contribution in [-0.2, 0) is 29.6 Å². The lowest BCUT2D eigenvalue weighted by Crippen LogP contribution is -2.50.